The van der Waals surface area contributed by atoms with Crippen molar-refractivity contribution in [3.8, 4) is 0 Å². The highest BCUT2D eigenvalue weighted by atomic mass is 35.5. The number of nitrogens with zero attached hydrogens (tertiary/aromatic N) is 1. The van der Waals surface area contributed by atoms with Crippen LogP contribution in [0.3, 0.4) is 0 Å². The monoisotopic (exact) mass is 563 g/mol. The molecule has 2 heterocycles. The van der Waals surface area contributed by atoms with E-state index in [4.69, 9.17) is 32.7 Å². The summed E-state index contributed by atoms with van der Waals surface area (Å²) in [5.41, 5.74) is -1.23. The smallest absolute Gasteiger partial charge is 0.338 e. The standard InChI is InChI=1S/C29H19Cl2NO7/c1-2-38-28(37)14-7-10-16(11-8-14)32-26(35)21-22(27(32)36)29(24(33)17-5-3-4-6-18(17)25(29)34)39-23(21)19-12-9-15(30)13-20(19)31/h3-13,21-23H,2H2,1H3/t21-,22+,23-/m1/s1. The second-order valence-electron chi connectivity index (χ2n) is 9.43. The Morgan fingerprint density at radius 2 is 1.56 bits per heavy atom. The van der Waals surface area contributed by atoms with Crippen LogP contribution in [-0.2, 0) is 19.1 Å². The van der Waals surface area contributed by atoms with E-state index in [1.807, 2.05) is 0 Å². The minimum absolute atomic E-state index is 0.126. The van der Waals surface area contributed by atoms with Crippen LogP contribution in [0.2, 0.25) is 10.0 Å². The van der Waals surface area contributed by atoms with Crippen LogP contribution in [0.5, 0.6) is 0 Å². The van der Waals surface area contributed by atoms with Gasteiger partial charge in [-0.25, -0.2) is 9.69 Å². The lowest BCUT2D eigenvalue weighted by molar-refractivity contribution is -0.127. The molecule has 1 spiro atoms. The number of halogens is 2. The topological polar surface area (TPSA) is 107 Å². The molecule has 3 atom stereocenters. The summed E-state index contributed by atoms with van der Waals surface area (Å²) in [6, 6.07) is 16.5. The first-order valence-electron chi connectivity index (χ1n) is 12.2. The van der Waals surface area contributed by atoms with E-state index in [0.29, 0.717) is 10.6 Å². The van der Waals surface area contributed by atoms with Gasteiger partial charge >= 0.3 is 5.97 Å². The van der Waals surface area contributed by atoms with E-state index < -0.39 is 52.9 Å². The lowest BCUT2D eigenvalue weighted by Gasteiger charge is -2.27. The molecule has 2 amide bonds. The molecule has 1 aliphatic carbocycles. The molecule has 2 aliphatic heterocycles. The number of Topliss-reactive ketones (excluding diaryl/α,β-unsaturated/α-hetero) is 2. The maximum atomic E-state index is 14.0. The molecular formula is C29H19Cl2NO7. The number of anilines is 1. The Bertz CT molecular complexity index is 1560. The van der Waals surface area contributed by atoms with Gasteiger partial charge in [-0.2, -0.15) is 0 Å². The number of imide groups is 1. The Morgan fingerprint density at radius 3 is 2.15 bits per heavy atom. The van der Waals surface area contributed by atoms with Gasteiger partial charge in [0.2, 0.25) is 29.0 Å². The van der Waals surface area contributed by atoms with Crippen LogP contribution in [0.15, 0.2) is 66.7 Å². The predicted molar refractivity (Wildman–Crippen MR) is 140 cm³/mol. The van der Waals surface area contributed by atoms with Gasteiger partial charge in [-0.05, 0) is 43.3 Å². The predicted octanol–water partition coefficient (Wildman–Crippen LogP) is 4.87. The number of carbonyl (C=O) groups excluding carboxylic acids is 5. The van der Waals surface area contributed by atoms with Gasteiger partial charge in [-0.1, -0.05) is 53.5 Å². The summed E-state index contributed by atoms with van der Waals surface area (Å²) >= 11 is 12.6. The Morgan fingerprint density at radius 1 is 0.923 bits per heavy atom. The molecule has 0 unspecified atom stereocenters. The van der Waals surface area contributed by atoms with Gasteiger partial charge < -0.3 is 9.47 Å². The zero-order valence-electron chi connectivity index (χ0n) is 20.4. The van der Waals surface area contributed by atoms with Gasteiger partial charge in [0, 0.05) is 26.7 Å². The fourth-order valence-corrected chi connectivity index (χ4v) is 6.26. The normalized spacial score (nSPS) is 22.9. The second kappa shape index (κ2) is 9.12. The zero-order chi connectivity index (χ0) is 27.6. The van der Waals surface area contributed by atoms with Crippen LogP contribution in [0.1, 0.15) is 49.7 Å². The molecule has 0 bridgehead atoms. The van der Waals surface area contributed by atoms with E-state index in [2.05, 4.69) is 0 Å². The summed E-state index contributed by atoms with van der Waals surface area (Å²) in [6.07, 6.45) is -1.18. The summed E-state index contributed by atoms with van der Waals surface area (Å²) in [7, 11) is 0. The van der Waals surface area contributed by atoms with Crippen molar-refractivity contribution in [3.05, 3.63) is 99.0 Å². The fourth-order valence-electron chi connectivity index (χ4n) is 5.75. The van der Waals surface area contributed by atoms with Gasteiger partial charge in [0.1, 0.15) is 0 Å². The SMILES string of the molecule is CCOC(=O)c1ccc(N2C(=O)[C@H]3[C@@H](c4ccc(Cl)cc4Cl)OC4(C(=O)c5ccccc5C4=O)[C@@H]3C2=O)cc1. The average molecular weight is 564 g/mol. The Kier molecular flexibility index (Phi) is 5.95. The number of rotatable bonds is 4. The highest BCUT2D eigenvalue weighted by Gasteiger charge is 2.74. The Labute approximate surface area is 232 Å². The molecule has 6 rings (SSSR count). The number of hydrogen-bond acceptors (Lipinski definition) is 7. The van der Waals surface area contributed by atoms with Gasteiger partial charge in [0.15, 0.2) is 0 Å². The molecular weight excluding hydrogens is 545 g/mol. The summed E-state index contributed by atoms with van der Waals surface area (Å²) in [4.78, 5) is 68.7. The van der Waals surface area contributed by atoms with Crippen LogP contribution >= 0.6 is 23.2 Å². The summed E-state index contributed by atoms with van der Waals surface area (Å²) in [6.45, 7) is 1.87. The lowest BCUT2D eigenvalue weighted by Crippen LogP contribution is -2.51. The van der Waals surface area contributed by atoms with Crippen molar-refractivity contribution in [1.82, 2.24) is 0 Å². The van der Waals surface area contributed by atoms with Crippen molar-refractivity contribution in [3.63, 3.8) is 0 Å². The number of ketones is 2. The number of fused-ring (bicyclic) bond motifs is 3. The minimum Gasteiger partial charge on any atom is -0.462 e. The van der Waals surface area contributed by atoms with Crippen molar-refractivity contribution in [1.29, 1.82) is 0 Å². The van der Waals surface area contributed by atoms with Crippen LogP contribution in [-0.4, -0.2) is 41.6 Å². The van der Waals surface area contributed by atoms with E-state index in [1.54, 1.807) is 31.2 Å². The second-order valence-corrected chi connectivity index (χ2v) is 10.3. The third kappa shape index (κ3) is 3.52. The Balaban J connectivity index is 1.48. The highest BCUT2D eigenvalue weighted by Crippen LogP contribution is 2.58. The number of hydrogen-bond donors (Lipinski definition) is 0. The first kappa shape index (κ1) is 25.4. The number of amides is 2. The third-order valence-corrected chi connectivity index (χ3v) is 7.99. The van der Waals surface area contributed by atoms with Gasteiger partial charge in [0.25, 0.3) is 0 Å². The van der Waals surface area contributed by atoms with Gasteiger partial charge in [0.05, 0.1) is 35.8 Å². The molecule has 2 fully saturated rings. The molecule has 0 aromatic heterocycles. The molecule has 3 aromatic carbocycles. The summed E-state index contributed by atoms with van der Waals surface area (Å²) in [5.74, 6) is -5.96. The van der Waals surface area contributed by atoms with Crippen molar-refractivity contribution in [2.75, 3.05) is 11.5 Å². The zero-order valence-corrected chi connectivity index (χ0v) is 21.9. The van der Waals surface area contributed by atoms with Crippen molar-refractivity contribution >= 4 is 58.2 Å². The highest BCUT2D eigenvalue weighted by molar-refractivity contribution is 6.37. The molecule has 10 heteroatoms. The summed E-state index contributed by atoms with van der Waals surface area (Å²) < 4.78 is 11.2. The van der Waals surface area contributed by atoms with Crippen LogP contribution < -0.4 is 4.90 Å². The molecule has 0 radical (unpaired) electrons. The number of carbonyl (C=O) groups is 5. The molecule has 0 N–H and O–H groups in total. The number of benzene rings is 3. The van der Waals surface area contributed by atoms with Crippen LogP contribution in [0.4, 0.5) is 5.69 Å². The lowest BCUT2D eigenvalue weighted by atomic mass is 9.77. The number of ether oxygens (including phenoxy) is 2. The van der Waals surface area contributed by atoms with E-state index >= 15 is 0 Å². The van der Waals surface area contributed by atoms with E-state index in [9.17, 15) is 24.0 Å². The average Bonchev–Trinajstić information content (AvgIpc) is 3.49. The quantitative estimate of drug-likeness (QED) is 0.253. The maximum absolute atomic E-state index is 14.0. The fraction of sp³-hybridized carbons (Fsp3) is 0.207. The van der Waals surface area contributed by atoms with Crippen molar-refractivity contribution < 1.29 is 33.4 Å². The first-order valence-corrected chi connectivity index (χ1v) is 12.9. The molecule has 2 saturated heterocycles. The molecule has 8 nitrogen and oxygen atoms in total. The van der Waals surface area contributed by atoms with Gasteiger partial charge in [-0.3, -0.25) is 19.2 Å². The molecule has 0 saturated carbocycles. The van der Waals surface area contributed by atoms with E-state index in [1.165, 1.54) is 42.5 Å². The first-order chi connectivity index (χ1) is 18.7. The number of esters is 1. The van der Waals surface area contributed by atoms with Gasteiger partial charge in [-0.15, -0.1) is 0 Å². The molecule has 3 aromatic rings. The Hall–Kier alpha value is -3.85. The van der Waals surface area contributed by atoms with Crippen molar-refractivity contribution in [2.24, 2.45) is 11.8 Å². The van der Waals surface area contributed by atoms with E-state index in [0.717, 1.165) is 4.90 Å². The minimum atomic E-state index is -2.23. The van der Waals surface area contributed by atoms with Crippen molar-refractivity contribution in [2.45, 2.75) is 18.6 Å². The maximum Gasteiger partial charge on any atom is 0.338 e. The molecule has 39 heavy (non-hydrogen) atoms. The van der Waals surface area contributed by atoms with Crippen LogP contribution in [0.25, 0.3) is 0 Å². The van der Waals surface area contributed by atoms with E-state index in [-0.39, 0.29) is 34.0 Å². The van der Waals surface area contributed by atoms with Crippen LogP contribution in [0, 0.1) is 11.8 Å². The molecule has 3 aliphatic rings. The summed E-state index contributed by atoms with van der Waals surface area (Å²) in [5, 5.41) is 0.502. The third-order valence-electron chi connectivity index (χ3n) is 7.42. The molecule has 196 valence electrons. The largest absolute Gasteiger partial charge is 0.462 e.